The molecule has 2 atom stereocenters. The fraction of sp³-hybridized carbons (Fsp3) is 0.571. The molecule has 1 N–H and O–H groups in total. The van der Waals surface area contributed by atoms with Crippen LogP contribution in [0.1, 0.15) is 31.9 Å². The fourth-order valence-corrected chi connectivity index (χ4v) is 2.34. The van der Waals surface area contributed by atoms with Gasteiger partial charge in [0.1, 0.15) is 0 Å². The first-order valence-electron chi connectivity index (χ1n) is 6.22. The molecule has 0 aliphatic heterocycles. The van der Waals surface area contributed by atoms with E-state index < -0.39 is 34.3 Å². The third-order valence-electron chi connectivity index (χ3n) is 3.63. The third kappa shape index (κ3) is 3.51. The average molecular weight is 349 g/mol. The zero-order chi connectivity index (χ0) is 17.6. The molecule has 1 aromatic rings. The SMILES string of the molecule is CC(C)(c1cccc(C(F)(F)F)c1)C(Cl)C(C)(O)C(F)(F)F. The van der Waals surface area contributed by atoms with Gasteiger partial charge in [0.05, 0.1) is 10.9 Å². The highest BCUT2D eigenvalue weighted by Gasteiger charge is 2.58. The largest absolute Gasteiger partial charge is 0.418 e. The van der Waals surface area contributed by atoms with Crippen LogP contribution in [0.4, 0.5) is 26.3 Å². The Bertz CT molecular complexity index is 533. The van der Waals surface area contributed by atoms with Crippen LogP contribution in [0, 0.1) is 0 Å². The van der Waals surface area contributed by atoms with Crippen LogP contribution in [0.3, 0.4) is 0 Å². The molecular weight excluding hydrogens is 334 g/mol. The van der Waals surface area contributed by atoms with Crippen molar-refractivity contribution in [2.75, 3.05) is 0 Å². The predicted octanol–water partition coefficient (Wildman–Crippen LogP) is 4.90. The summed E-state index contributed by atoms with van der Waals surface area (Å²) in [5.41, 5.74) is -5.85. The van der Waals surface area contributed by atoms with Crippen molar-refractivity contribution in [1.82, 2.24) is 0 Å². The Labute approximate surface area is 128 Å². The molecular formula is C14H15ClF6O. The molecule has 1 aromatic carbocycles. The van der Waals surface area contributed by atoms with Gasteiger partial charge in [-0.2, -0.15) is 26.3 Å². The number of halogens is 7. The molecule has 22 heavy (non-hydrogen) atoms. The van der Waals surface area contributed by atoms with Gasteiger partial charge in [-0.15, -0.1) is 11.6 Å². The summed E-state index contributed by atoms with van der Waals surface area (Å²) in [5.74, 6) is 0. The maximum absolute atomic E-state index is 12.9. The van der Waals surface area contributed by atoms with Gasteiger partial charge in [-0.3, -0.25) is 0 Å². The molecule has 0 bridgehead atoms. The Morgan fingerprint density at radius 1 is 0.955 bits per heavy atom. The molecule has 2 unspecified atom stereocenters. The molecule has 0 aliphatic rings. The Morgan fingerprint density at radius 3 is 1.82 bits per heavy atom. The fourth-order valence-electron chi connectivity index (χ4n) is 2.09. The minimum atomic E-state index is -5.02. The van der Waals surface area contributed by atoms with Crippen LogP contribution in [0.5, 0.6) is 0 Å². The number of hydrogen-bond donors (Lipinski definition) is 1. The number of rotatable bonds is 3. The summed E-state index contributed by atoms with van der Waals surface area (Å²) >= 11 is 5.80. The summed E-state index contributed by atoms with van der Waals surface area (Å²) in [7, 11) is 0. The second-order valence-corrected chi connectivity index (χ2v) is 6.24. The van der Waals surface area contributed by atoms with Gasteiger partial charge in [0.2, 0.25) is 0 Å². The predicted molar refractivity (Wildman–Crippen MR) is 70.8 cm³/mol. The summed E-state index contributed by atoms with van der Waals surface area (Å²) in [6, 6.07) is 3.88. The second kappa shape index (κ2) is 5.60. The standard InChI is InChI=1S/C14H15ClF6O/c1-11(2,10(15)12(3,22)14(19,20)21)8-5-4-6-9(7-8)13(16,17)18/h4-7,10,22H,1-3H3. The van der Waals surface area contributed by atoms with E-state index in [0.29, 0.717) is 6.92 Å². The second-order valence-electron chi connectivity index (χ2n) is 5.81. The van der Waals surface area contributed by atoms with Crippen LogP contribution in [-0.4, -0.2) is 22.3 Å². The monoisotopic (exact) mass is 348 g/mol. The van der Waals surface area contributed by atoms with Crippen LogP contribution in [0.2, 0.25) is 0 Å². The van der Waals surface area contributed by atoms with Crippen molar-refractivity contribution >= 4 is 11.6 Å². The Hall–Kier alpha value is -0.950. The van der Waals surface area contributed by atoms with E-state index in [1.165, 1.54) is 19.9 Å². The van der Waals surface area contributed by atoms with Crippen molar-refractivity contribution in [2.24, 2.45) is 0 Å². The first kappa shape index (κ1) is 19.1. The van der Waals surface area contributed by atoms with E-state index >= 15 is 0 Å². The summed E-state index contributed by atoms with van der Waals surface area (Å²) in [5, 5.41) is 7.78. The lowest BCUT2D eigenvalue weighted by atomic mass is 9.74. The molecule has 0 heterocycles. The Kier molecular flexibility index (Phi) is 4.86. The normalized spacial score (nSPS) is 18.0. The molecule has 1 rings (SSSR count). The van der Waals surface area contributed by atoms with Gasteiger partial charge in [0.25, 0.3) is 0 Å². The lowest BCUT2D eigenvalue weighted by Crippen LogP contribution is -2.56. The van der Waals surface area contributed by atoms with Crippen LogP contribution in [-0.2, 0) is 11.6 Å². The van der Waals surface area contributed by atoms with Crippen molar-refractivity contribution in [3.05, 3.63) is 35.4 Å². The Balaban J connectivity index is 3.30. The van der Waals surface area contributed by atoms with Crippen molar-refractivity contribution in [1.29, 1.82) is 0 Å². The lowest BCUT2D eigenvalue weighted by molar-refractivity contribution is -0.257. The molecule has 126 valence electrons. The maximum Gasteiger partial charge on any atom is 0.418 e. The van der Waals surface area contributed by atoms with Gasteiger partial charge in [-0.1, -0.05) is 32.0 Å². The first-order valence-corrected chi connectivity index (χ1v) is 6.66. The van der Waals surface area contributed by atoms with Crippen molar-refractivity contribution in [3.8, 4) is 0 Å². The van der Waals surface area contributed by atoms with Crippen LogP contribution < -0.4 is 0 Å². The van der Waals surface area contributed by atoms with E-state index in [9.17, 15) is 31.4 Å². The molecule has 0 amide bonds. The van der Waals surface area contributed by atoms with E-state index in [-0.39, 0.29) is 5.56 Å². The smallest absolute Gasteiger partial charge is 0.379 e. The zero-order valence-electron chi connectivity index (χ0n) is 12.0. The van der Waals surface area contributed by atoms with E-state index in [1.54, 1.807) is 0 Å². The van der Waals surface area contributed by atoms with Gasteiger partial charge in [0, 0.05) is 5.41 Å². The van der Waals surface area contributed by atoms with Crippen molar-refractivity contribution in [3.63, 3.8) is 0 Å². The minimum Gasteiger partial charge on any atom is -0.379 e. The van der Waals surface area contributed by atoms with E-state index in [4.69, 9.17) is 11.6 Å². The van der Waals surface area contributed by atoms with Crippen molar-refractivity contribution in [2.45, 2.75) is 49.5 Å². The van der Waals surface area contributed by atoms with E-state index in [2.05, 4.69) is 0 Å². The quantitative estimate of drug-likeness (QED) is 0.608. The molecule has 8 heteroatoms. The van der Waals surface area contributed by atoms with Crippen LogP contribution in [0.25, 0.3) is 0 Å². The average Bonchev–Trinajstić information content (AvgIpc) is 2.35. The molecule has 0 saturated heterocycles. The molecule has 0 aliphatic carbocycles. The zero-order valence-corrected chi connectivity index (χ0v) is 12.7. The van der Waals surface area contributed by atoms with Gasteiger partial charge >= 0.3 is 12.4 Å². The summed E-state index contributed by atoms with van der Waals surface area (Å²) in [6.45, 7) is 3.00. The van der Waals surface area contributed by atoms with Gasteiger partial charge in [-0.25, -0.2) is 0 Å². The van der Waals surface area contributed by atoms with Crippen LogP contribution in [0.15, 0.2) is 24.3 Å². The third-order valence-corrected chi connectivity index (χ3v) is 4.61. The lowest BCUT2D eigenvalue weighted by Gasteiger charge is -2.40. The minimum absolute atomic E-state index is 0.0492. The highest BCUT2D eigenvalue weighted by Crippen LogP contribution is 2.44. The number of aliphatic hydroxyl groups is 1. The number of alkyl halides is 7. The topological polar surface area (TPSA) is 20.2 Å². The molecule has 0 aromatic heterocycles. The number of hydrogen-bond acceptors (Lipinski definition) is 1. The van der Waals surface area contributed by atoms with Gasteiger partial charge < -0.3 is 5.11 Å². The van der Waals surface area contributed by atoms with Crippen molar-refractivity contribution < 1.29 is 31.4 Å². The molecule has 0 spiro atoms. The Morgan fingerprint density at radius 2 is 1.41 bits per heavy atom. The first-order chi connectivity index (χ1) is 9.62. The van der Waals surface area contributed by atoms with Gasteiger partial charge in [0.15, 0.2) is 5.60 Å². The highest BCUT2D eigenvalue weighted by atomic mass is 35.5. The van der Waals surface area contributed by atoms with E-state index in [0.717, 1.165) is 18.2 Å². The highest BCUT2D eigenvalue weighted by molar-refractivity contribution is 6.22. The summed E-state index contributed by atoms with van der Waals surface area (Å²) in [6.07, 6.45) is -9.64. The number of benzene rings is 1. The molecule has 0 saturated carbocycles. The van der Waals surface area contributed by atoms with E-state index in [1.807, 2.05) is 0 Å². The summed E-state index contributed by atoms with van der Waals surface area (Å²) in [4.78, 5) is 0. The summed E-state index contributed by atoms with van der Waals surface area (Å²) < 4.78 is 76.8. The van der Waals surface area contributed by atoms with Gasteiger partial charge in [-0.05, 0) is 18.6 Å². The maximum atomic E-state index is 12.9. The van der Waals surface area contributed by atoms with Crippen LogP contribution >= 0.6 is 11.6 Å². The molecule has 1 nitrogen and oxygen atoms in total. The molecule has 0 fully saturated rings. The molecule has 0 radical (unpaired) electrons.